The molecule has 0 aliphatic carbocycles. The highest BCUT2D eigenvalue weighted by molar-refractivity contribution is 6.46. The van der Waals surface area contributed by atoms with Crippen molar-refractivity contribution in [2.75, 3.05) is 27.4 Å². The van der Waals surface area contributed by atoms with Crippen LogP contribution in [0.1, 0.15) is 22.7 Å². The molecule has 37 heavy (non-hydrogen) atoms. The van der Waals surface area contributed by atoms with Gasteiger partial charge in [0.15, 0.2) is 0 Å². The van der Waals surface area contributed by atoms with Crippen molar-refractivity contribution in [3.05, 3.63) is 99.8 Å². The molecule has 1 heterocycles. The van der Waals surface area contributed by atoms with Gasteiger partial charge < -0.3 is 24.2 Å². The number of hydrogen-bond donors (Lipinski definition) is 1. The van der Waals surface area contributed by atoms with Gasteiger partial charge in [0, 0.05) is 19.2 Å². The molecule has 1 saturated heterocycles. The largest absolute Gasteiger partial charge is 0.507 e. The van der Waals surface area contributed by atoms with Crippen LogP contribution in [0.5, 0.6) is 11.5 Å². The Morgan fingerprint density at radius 2 is 1.73 bits per heavy atom. The molecule has 192 valence electrons. The molecule has 1 aliphatic rings. The molecule has 0 bridgehead atoms. The molecule has 1 aliphatic heterocycles. The minimum atomic E-state index is -0.845. The number of likely N-dealkylation sites (tertiary alicyclic amines) is 1. The van der Waals surface area contributed by atoms with E-state index in [9.17, 15) is 19.1 Å². The molecule has 3 aromatic carbocycles. The maximum absolute atomic E-state index is 13.1. The average molecular weight is 526 g/mol. The van der Waals surface area contributed by atoms with Crippen molar-refractivity contribution < 1.29 is 33.3 Å². The number of carbonyl (C=O) groups excluding carboxylic acids is 2. The van der Waals surface area contributed by atoms with Crippen LogP contribution in [0.2, 0.25) is 5.02 Å². The van der Waals surface area contributed by atoms with Crippen molar-refractivity contribution in [3.63, 3.8) is 0 Å². The van der Waals surface area contributed by atoms with Gasteiger partial charge in [-0.25, -0.2) is 4.39 Å². The second kappa shape index (κ2) is 11.5. The SMILES string of the molecule is COCCN1C(=O)C(=O)/C(=C(\O)c2ccc(OC)c(Cl)c2)C1c1ccc(OCc2ccc(F)cc2)cc1. The van der Waals surface area contributed by atoms with Gasteiger partial charge in [0.2, 0.25) is 0 Å². The van der Waals surface area contributed by atoms with Crippen molar-refractivity contribution in [1.29, 1.82) is 0 Å². The van der Waals surface area contributed by atoms with Gasteiger partial charge in [0.05, 0.1) is 30.4 Å². The van der Waals surface area contributed by atoms with Gasteiger partial charge in [0.1, 0.15) is 29.7 Å². The maximum Gasteiger partial charge on any atom is 0.295 e. The van der Waals surface area contributed by atoms with E-state index in [1.807, 2.05) is 0 Å². The van der Waals surface area contributed by atoms with Gasteiger partial charge in [-0.05, 0) is 53.6 Å². The second-order valence-electron chi connectivity index (χ2n) is 8.32. The Hall–Kier alpha value is -3.88. The smallest absolute Gasteiger partial charge is 0.295 e. The van der Waals surface area contributed by atoms with E-state index in [-0.39, 0.29) is 47.5 Å². The third-order valence-electron chi connectivity index (χ3n) is 6.02. The van der Waals surface area contributed by atoms with Crippen LogP contribution in [-0.4, -0.2) is 49.1 Å². The van der Waals surface area contributed by atoms with Crippen LogP contribution in [0.15, 0.2) is 72.3 Å². The maximum atomic E-state index is 13.1. The van der Waals surface area contributed by atoms with Crippen LogP contribution >= 0.6 is 11.6 Å². The van der Waals surface area contributed by atoms with Crippen molar-refractivity contribution in [1.82, 2.24) is 4.90 Å². The number of nitrogens with zero attached hydrogens (tertiary/aromatic N) is 1. The minimum Gasteiger partial charge on any atom is -0.507 e. The summed E-state index contributed by atoms with van der Waals surface area (Å²) in [4.78, 5) is 27.4. The van der Waals surface area contributed by atoms with Crippen LogP contribution in [0.4, 0.5) is 4.39 Å². The number of rotatable bonds is 9. The Labute approximate surface area is 218 Å². The average Bonchev–Trinajstić information content (AvgIpc) is 3.16. The van der Waals surface area contributed by atoms with E-state index in [0.717, 1.165) is 5.56 Å². The van der Waals surface area contributed by atoms with Gasteiger partial charge in [-0.3, -0.25) is 9.59 Å². The highest BCUT2D eigenvalue weighted by atomic mass is 35.5. The summed E-state index contributed by atoms with van der Waals surface area (Å²) in [6, 6.07) is 16.6. The number of aliphatic hydroxyl groups is 1. The molecule has 7 nitrogen and oxygen atoms in total. The van der Waals surface area contributed by atoms with Gasteiger partial charge >= 0.3 is 0 Å². The van der Waals surface area contributed by atoms with E-state index in [0.29, 0.717) is 17.1 Å². The Morgan fingerprint density at radius 3 is 2.35 bits per heavy atom. The number of benzene rings is 3. The van der Waals surface area contributed by atoms with Gasteiger partial charge in [-0.2, -0.15) is 0 Å². The van der Waals surface area contributed by atoms with E-state index in [2.05, 4.69) is 0 Å². The molecule has 4 rings (SSSR count). The summed E-state index contributed by atoms with van der Waals surface area (Å²) in [5.74, 6) is -1.25. The first-order chi connectivity index (χ1) is 17.8. The number of Topliss-reactive ketones (excluding diaryl/α,β-unsaturated/α-hetero) is 1. The van der Waals surface area contributed by atoms with Crippen LogP contribution in [-0.2, 0) is 20.9 Å². The highest BCUT2D eigenvalue weighted by Crippen LogP contribution is 2.40. The number of amides is 1. The zero-order chi connectivity index (χ0) is 26.5. The molecule has 1 N–H and O–H groups in total. The first-order valence-corrected chi connectivity index (χ1v) is 11.8. The summed E-state index contributed by atoms with van der Waals surface area (Å²) >= 11 is 6.23. The molecule has 9 heteroatoms. The Kier molecular flexibility index (Phi) is 8.11. The predicted octanol–water partition coefficient (Wildman–Crippen LogP) is 5.13. The van der Waals surface area contributed by atoms with Crippen LogP contribution in [0, 0.1) is 5.82 Å². The lowest BCUT2D eigenvalue weighted by atomic mass is 9.95. The summed E-state index contributed by atoms with van der Waals surface area (Å²) in [6.45, 7) is 0.593. The summed E-state index contributed by atoms with van der Waals surface area (Å²) in [7, 11) is 2.97. The number of hydrogen-bond acceptors (Lipinski definition) is 6. The molecular formula is C28H25ClFNO6. The Bertz CT molecular complexity index is 1320. The summed E-state index contributed by atoms with van der Waals surface area (Å²) in [6.07, 6.45) is 0. The van der Waals surface area contributed by atoms with E-state index in [1.54, 1.807) is 48.5 Å². The van der Waals surface area contributed by atoms with Crippen LogP contribution in [0.25, 0.3) is 5.76 Å². The molecule has 0 spiro atoms. The third-order valence-corrected chi connectivity index (χ3v) is 6.31. The third kappa shape index (κ3) is 5.60. The monoisotopic (exact) mass is 525 g/mol. The van der Waals surface area contributed by atoms with E-state index >= 15 is 0 Å². The first-order valence-electron chi connectivity index (χ1n) is 11.4. The van der Waals surface area contributed by atoms with E-state index in [4.69, 9.17) is 25.8 Å². The number of methoxy groups -OCH3 is 2. The topological polar surface area (TPSA) is 85.3 Å². The number of halogens is 2. The number of carbonyl (C=O) groups is 2. The molecule has 1 atom stereocenters. The molecule has 1 unspecified atom stereocenters. The summed E-state index contributed by atoms with van der Waals surface area (Å²) in [5, 5.41) is 11.4. The van der Waals surface area contributed by atoms with Gasteiger partial charge in [-0.15, -0.1) is 0 Å². The lowest BCUT2D eigenvalue weighted by molar-refractivity contribution is -0.140. The highest BCUT2D eigenvalue weighted by Gasteiger charge is 2.45. The number of aliphatic hydroxyl groups excluding tert-OH is 1. The van der Waals surface area contributed by atoms with Crippen LogP contribution < -0.4 is 9.47 Å². The molecule has 0 aromatic heterocycles. The Balaban J connectivity index is 1.67. The van der Waals surface area contributed by atoms with E-state index < -0.39 is 17.7 Å². The molecule has 0 radical (unpaired) electrons. The zero-order valence-electron chi connectivity index (χ0n) is 20.2. The number of ketones is 1. The summed E-state index contributed by atoms with van der Waals surface area (Å²) < 4.78 is 29.2. The summed E-state index contributed by atoms with van der Waals surface area (Å²) in [5.41, 5.74) is 1.63. The van der Waals surface area contributed by atoms with Crippen molar-refractivity contribution in [3.8, 4) is 11.5 Å². The van der Waals surface area contributed by atoms with E-state index in [1.165, 1.54) is 37.3 Å². The predicted molar refractivity (Wildman–Crippen MR) is 136 cm³/mol. The fourth-order valence-electron chi connectivity index (χ4n) is 4.11. The lowest BCUT2D eigenvalue weighted by Gasteiger charge is -2.25. The normalized spacial score (nSPS) is 16.8. The molecule has 1 fully saturated rings. The van der Waals surface area contributed by atoms with Crippen LogP contribution in [0.3, 0.4) is 0 Å². The fraction of sp³-hybridized carbons (Fsp3) is 0.214. The standard InChI is InChI=1S/C28H25ClFNO6/c1-35-14-13-31-25(18-5-10-21(11-6-18)37-16-17-3-8-20(30)9-4-17)24(27(33)28(31)34)26(32)19-7-12-23(36-2)22(29)15-19/h3-12,15,25,32H,13-14,16H2,1-2H3/b26-24-. The molecule has 0 saturated carbocycles. The quantitative estimate of drug-likeness (QED) is 0.237. The molecule has 1 amide bonds. The van der Waals surface area contributed by atoms with Crippen molar-refractivity contribution in [2.45, 2.75) is 12.6 Å². The van der Waals surface area contributed by atoms with Gasteiger partial charge in [0.25, 0.3) is 11.7 Å². The Morgan fingerprint density at radius 1 is 1.03 bits per heavy atom. The van der Waals surface area contributed by atoms with Crippen molar-refractivity contribution >= 4 is 29.1 Å². The zero-order valence-corrected chi connectivity index (χ0v) is 21.0. The fourth-order valence-corrected chi connectivity index (χ4v) is 4.37. The first kappa shape index (κ1) is 26.2. The number of ether oxygens (including phenoxy) is 3. The molecule has 3 aromatic rings. The van der Waals surface area contributed by atoms with Gasteiger partial charge in [-0.1, -0.05) is 35.9 Å². The minimum absolute atomic E-state index is 0.0534. The lowest BCUT2D eigenvalue weighted by Crippen LogP contribution is -2.32. The van der Waals surface area contributed by atoms with Crippen molar-refractivity contribution in [2.24, 2.45) is 0 Å². The molecular weight excluding hydrogens is 501 g/mol. The second-order valence-corrected chi connectivity index (χ2v) is 8.73.